The van der Waals surface area contributed by atoms with Crippen LogP contribution >= 0.6 is 22.7 Å². The summed E-state index contributed by atoms with van der Waals surface area (Å²) < 4.78 is 15.7. The highest BCUT2D eigenvalue weighted by atomic mass is 32.1. The highest BCUT2D eigenvalue weighted by molar-refractivity contribution is 7.19. The molecule has 0 aliphatic carbocycles. The summed E-state index contributed by atoms with van der Waals surface area (Å²) in [4.78, 5) is 24.6. The van der Waals surface area contributed by atoms with Crippen LogP contribution in [0.4, 0.5) is 5.13 Å². The second kappa shape index (κ2) is 9.34. The fraction of sp³-hybridized carbons (Fsp3) is 0.222. The molecule has 3 rings (SSSR count). The van der Waals surface area contributed by atoms with Crippen LogP contribution in [0.15, 0.2) is 29.0 Å². The third-order valence-electron chi connectivity index (χ3n) is 3.78. The van der Waals surface area contributed by atoms with Crippen molar-refractivity contribution in [3.8, 4) is 27.8 Å². The highest BCUT2D eigenvalue weighted by Crippen LogP contribution is 2.38. The third kappa shape index (κ3) is 4.81. The maximum absolute atomic E-state index is 12.4. The summed E-state index contributed by atoms with van der Waals surface area (Å²) in [7, 11) is 4.39. The lowest BCUT2D eigenvalue weighted by atomic mass is 10.1. The maximum Gasteiger partial charge on any atom is 0.251 e. The number of methoxy groups -OCH3 is 3. The normalized spacial score (nSPS) is 10.3. The molecule has 0 spiro atoms. The summed E-state index contributed by atoms with van der Waals surface area (Å²) in [5, 5.41) is 18.1. The van der Waals surface area contributed by atoms with Gasteiger partial charge in [0.25, 0.3) is 5.91 Å². The minimum Gasteiger partial charge on any atom is -0.493 e. The first kappa shape index (κ1) is 20.6. The summed E-state index contributed by atoms with van der Waals surface area (Å²) in [5.74, 6) is 0.184. The summed E-state index contributed by atoms with van der Waals surface area (Å²) in [6.45, 7) is -0.233. The molecule has 9 nitrogen and oxygen atoms in total. The van der Waals surface area contributed by atoms with Crippen molar-refractivity contribution in [2.75, 3.05) is 33.2 Å². The lowest BCUT2D eigenvalue weighted by molar-refractivity contribution is -0.115. The minimum atomic E-state index is -0.462. The summed E-state index contributed by atoms with van der Waals surface area (Å²) in [5.41, 5.74) is 1.21. The van der Waals surface area contributed by atoms with Crippen molar-refractivity contribution >= 4 is 39.6 Å². The van der Waals surface area contributed by atoms with Gasteiger partial charge in [-0.25, -0.2) is 0 Å². The first-order valence-electron chi connectivity index (χ1n) is 8.29. The van der Waals surface area contributed by atoms with Gasteiger partial charge in [-0.05, 0) is 23.6 Å². The first-order valence-corrected chi connectivity index (χ1v) is 10.1. The Hall–Kier alpha value is -3.18. The SMILES string of the molecule is COc1cc(C(=O)NCC(=O)Nc2nnc(-c3ccsc3)s2)cc(OC)c1OC. The standard InChI is InChI=1S/C18H18N4O5S2/c1-25-12-6-11(7-13(26-2)15(12)27-3)16(24)19-8-14(23)20-18-22-21-17(29-18)10-4-5-28-9-10/h4-7,9H,8H2,1-3H3,(H,19,24)(H,20,22,23). The number of rotatable bonds is 8. The molecular formula is C18H18N4O5S2. The van der Waals surface area contributed by atoms with Gasteiger partial charge in [0.05, 0.1) is 27.9 Å². The zero-order valence-corrected chi connectivity index (χ0v) is 17.5. The Labute approximate surface area is 174 Å². The van der Waals surface area contributed by atoms with E-state index in [1.807, 2.05) is 16.8 Å². The fourth-order valence-electron chi connectivity index (χ4n) is 2.41. The molecule has 29 heavy (non-hydrogen) atoms. The third-order valence-corrected chi connectivity index (χ3v) is 5.35. The van der Waals surface area contributed by atoms with E-state index < -0.39 is 11.8 Å². The molecule has 2 heterocycles. The van der Waals surface area contributed by atoms with Crippen LogP contribution in [0.3, 0.4) is 0 Å². The largest absolute Gasteiger partial charge is 0.493 e. The van der Waals surface area contributed by atoms with Crippen molar-refractivity contribution in [3.05, 3.63) is 34.5 Å². The molecule has 2 amide bonds. The lowest BCUT2D eigenvalue weighted by Crippen LogP contribution is -2.32. The number of benzene rings is 1. The van der Waals surface area contributed by atoms with Crippen LogP contribution in [0.5, 0.6) is 17.2 Å². The fourth-order valence-corrected chi connectivity index (χ4v) is 3.89. The maximum atomic E-state index is 12.4. The van der Waals surface area contributed by atoms with Crippen LogP contribution in [-0.4, -0.2) is 49.9 Å². The van der Waals surface area contributed by atoms with Gasteiger partial charge in [0, 0.05) is 16.5 Å². The topological polar surface area (TPSA) is 112 Å². The number of carbonyl (C=O) groups excluding carboxylic acids is 2. The van der Waals surface area contributed by atoms with E-state index in [9.17, 15) is 9.59 Å². The van der Waals surface area contributed by atoms with E-state index in [0.29, 0.717) is 27.4 Å². The van der Waals surface area contributed by atoms with Crippen LogP contribution in [0.2, 0.25) is 0 Å². The number of amides is 2. The van der Waals surface area contributed by atoms with Gasteiger partial charge in [-0.15, -0.1) is 10.2 Å². The van der Waals surface area contributed by atoms with Gasteiger partial charge in [-0.3, -0.25) is 14.9 Å². The Balaban J connectivity index is 1.61. The molecule has 2 aromatic heterocycles. The van der Waals surface area contributed by atoms with Crippen molar-refractivity contribution in [1.82, 2.24) is 15.5 Å². The van der Waals surface area contributed by atoms with Gasteiger partial charge in [0.1, 0.15) is 5.01 Å². The van der Waals surface area contributed by atoms with Crippen LogP contribution in [0.25, 0.3) is 10.6 Å². The molecule has 3 aromatic rings. The smallest absolute Gasteiger partial charge is 0.251 e. The summed E-state index contributed by atoms with van der Waals surface area (Å²) in [6, 6.07) is 4.94. The van der Waals surface area contributed by atoms with Crippen molar-refractivity contribution in [3.63, 3.8) is 0 Å². The first-order chi connectivity index (χ1) is 14.0. The van der Waals surface area contributed by atoms with E-state index in [0.717, 1.165) is 5.56 Å². The van der Waals surface area contributed by atoms with Crippen molar-refractivity contribution < 1.29 is 23.8 Å². The number of nitrogens with zero attached hydrogens (tertiary/aromatic N) is 2. The Morgan fingerprint density at radius 2 is 1.79 bits per heavy atom. The average Bonchev–Trinajstić information content (AvgIpc) is 3.42. The Kier molecular flexibility index (Phi) is 6.62. The molecular weight excluding hydrogens is 416 g/mol. The van der Waals surface area contributed by atoms with E-state index in [1.54, 1.807) is 11.3 Å². The van der Waals surface area contributed by atoms with Gasteiger partial charge in [0.2, 0.25) is 16.8 Å². The van der Waals surface area contributed by atoms with Gasteiger partial charge in [-0.2, -0.15) is 11.3 Å². The van der Waals surface area contributed by atoms with Crippen molar-refractivity contribution in [2.45, 2.75) is 0 Å². The molecule has 0 aliphatic heterocycles. The van der Waals surface area contributed by atoms with Gasteiger partial charge >= 0.3 is 0 Å². The molecule has 1 aromatic carbocycles. The number of hydrogen-bond donors (Lipinski definition) is 2. The number of aromatic nitrogens is 2. The molecule has 0 aliphatic rings. The van der Waals surface area contributed by atoms with Crippen LogP contribution in [0, 0.1) is 0 Å². The van der Waals surface area contributed by atoms with Crippen LogP contribution in [-0.2, 0) is 4.79 Å². The lowest BCUT2D eigenvalue weighted by Gasteiger charge is -2.14. The molecule has 0 fully saturated rings. The molecule has 152 valence electrons. The molecule has 0 bridgehead atoms. The molecule has 0 saturated heterocycles. The van der Waals surface area contributed by atoms with Gasteiger partial charge in [0.15, 0.2) is 11.5 Å². The molecule has 0 atom stereocenters. The molecule has 0 unspecified atom stereocenters. The zero-order chi connectivity index (χ0) is 20.8. The number of ether oxygens (including phenoxy) is 3. The Morgan fingerprint density at radius 1 is 1.07 bits per heavy atom. The predicted octanol–water partition coefficient (Wildman–Crippen LogP) is 2.66. The quantitative estimate of drug-likeness (QED) is 0.561. The Bertz CT molecular complexity index is 979. The summed E-state index contributed by atoms with van der Waals surface area (Å²) in [6.07, 6.45) is 0. The van der Waals surface area contributed by atoms with E-state index in [1.165, 1.54) is 44.8 Å². The number of nitrogens with one attached hydrogen (secondary N) is 2. The second-order valence-corrected chi connectivity index (χ2v) is 7.33. The van der Waals surface area contributed by atoms with Crippen LogP contribution < -0.4 is 24.8 Å². The number of hydrogen-bond acceptors (Lipinski definition) is 9. The average molecular weight is 434 g/mol. The van der Waals surface area contributed by atoms with E-state index in [4.69, 9.17) is 14.2 Å². The highest BCUT2D eigenvalue weighted by Gasteiger charge is 2.18. The molecule has 2 N–H and O–H groups in total. The van der Waals surface area contributed by atoms with Crippen molar-refractivity contribution in [2.24, 2.45) is 0 Å². The number of anilines is 1. The zero-order valence-electron chi connectivity index (χ0n) is 15.8. The molecule has 0 saturated carbocycles. The van der Waals surface area contributed by atoms with E-state index in [-0.39, 0.29) is 12.1 Å². The van der Waals surface area contributed by atoms with Gasteiger partial charge < -0.3 is 19.5 Å². The van der Waals surface area contributed by atoms with E-state index in [2.05, 4.69) is 20.8 Å². The molecule has 11 heteroatoms. The predicted molar refractivity (Wildman–Crippen MR) is 110 cm³/mol. The second-order valence-electron chi connectivity index (χ2n) is 5.57. The van der Waals surface area contributed by atoms with Crippen molar-refractivity contribution in [1.29, 1.82) is 0 Å². The molecule has 0 radical (unpaired) electrons. The van der Waals surface area contributed by atoms with Gasteiger partial charge in [-0.1, -0.05) is 11.3 Å². The van der Waals surface area contributed by atoms with Crippen LogP contribution in [0.1, 0.15) is 10.4 Å². The number of carbonyl (C=O) groups is 2. The summed E-state index contributed by atoms with van der Waals surface area (Å²) >= 11 is 2.81. The monoisotopic (exact) mass is 434 g/mol. The Morgan fingerprint density at radius 3 is 2.38 bits per heavy atom. The number of thiophene rings is 1. The van der Waals surface area contributed by atoms with E-state index >= 15 is 0 Å². The minimum absolute atomic E-state index is 0.233.